The number of aliphatic hydroxyl groups is 1. The van der Waals surface area contributed by atoms with Gasteiger partial charge in [0.1, 0.15) is 0 Å². The van der Waals surface area contributed by atoms with Gasteiger partial charge in [0.25, 0.3) is 0 Å². The van der Waals surface area contributed by atoms with E-state index in [0.29, 0.717) is 11.9 Å². The topological polar surface area (TPSA) is 74.2 Å². The van der Waals surface area contributed by atoms with Crippen LogP contribution in [0.4, 0.5) is 11.9 Å². The number of aromatic nitrogens is 3. The van der Waals surface area contributed by atoms with E-state index in [2.05, 4.69) is 20.3 Å². The van der Waals surface area contributed by atoms with Crippen molar-refractivity contribution < 1.29 is 5.11 Å². The molecule has 0 aromatic carbocycles. The Balaban J connectivity index is 2.27. The molecule has 1 aromatic heterocycles. The van der Waals surface area contributed by atoms with Crippen molar-refractivity contribution >= 4 is 23.5 Å². The van der Waals surface area contributed by atoms with E-state index in [-0.39, 0.29) is 17.9 Å². The molecule has 1 atom stereocenters. The lowest BCUT2D eigenvalue weighted by Gasteiger charge is -2.34. The van der Waals surface area contributed by atoms with Gasteiger partial charge in [-0.2, -0.15) is 15.0 Å². The van der Waals surface area contributed by atoms with Gasteiger partial charge in [0.05, 0.1) is 12.6 Å². The number of hydrogen-bond acceptors (Lipinski definition) is 6. The normalized spacial score (nSPS) is 20.4. The summed E-state index contributed by atoms with van der Waals surface area (Å²) in [4.78, 5) is 14.3. The zero-order chi connectivity index (χ0) is 12.3. The molecule has 0 saturated carbocycles. The number of aliphatic hydroxyl groups excluding tert-OH is 1. The molecule has 2 heterocycles. The minimum Gasteiger partial charge on any atom is -0.394 e. The minimum atomic E-state index is 0.0759. The predicted octanol–water partition coefficient (Wildman–Crippen LogP) is 0.918. The highest BCUT2D eigenvalue weighted by Gasteiger charge is 2.24. The van der Waals surface area contributed by atoms with Crippen LogP contribution in [0.3, 0.4) is 0 Å². The van der Waals surface area contributed by atoms with Gasteiger partial charge < -0.3 is 15.3 Å². The predicted molar refractivity (Wildman–Crippen MR) is 66.5 cm³/mol. The summed E-state index contributed by atoms with van der Waals surface area (Å²) in [5, 5.41) is 12.4. The number of nitrogens with one attached hydrogen (secondary N) is 1. The van der Waals surface area contributed by atoms with Crippen LogP contribution >= 0.6 is 11.6 Å². The van der Waals surface area contributed by atoms with Crippen LogP contribution in [0.15, 0.2) is 0 Å². The first kappa shape index (κ1) is 12.3. The third kappa shape index (κ3) is 2.76. The molecule has 1 aliphatic heterocycles. The quantitative estimate of drug-likeness (QED) is 0.839. The van der Waals surface area contributed by atoms with Crippen molar-refractivity contribution in [3.8, 4) is 0 Å². The maximum absolute atomic E-state index is 9.36. The maximum Gasteiger partial charge on any atom is 0.231 e. The fourth-order valence-electron chi connectivity index (χ4n) is 2.03. The standard InChI is InChI=1S/C10H16ClN5O/c1-12-9-13-8(11)14-10(15-9)16-5-3-2-4-7(16)6-17/h7,17H,2-6H2,1H3,(H,12,13,14,15). The summed E-state index contributed by atoms with van der Waals surface area (Å²) in [5.74, 6) is 0.982. The lowest BCUT2D eigenvalue weighted by atomic mass is 10.0. The summed E-state index contributed by atoms with van der Waals surface area (Å²) < 4.78 is 0. The largest absolute Gasteiger partial charge is 0.394 e. The van der Waals surface area contributed by atoms with Crippen LogP contribution in [0.5, 0.6) is 0 Å². The van der Waals surface area contributed by atoms with Gasteiger partial charge in [0.15, 0.2) is 0 Å². The van der Waals surface area contributed by atoms with Crippen molar-refractivity contribution in [1.82, 2.24) is 15.0 Å². The Hall–Kier alpha value is -1.14. The number of anilines is 2. The van der Waals surface area contributed by atoms with Gasteiger partial charge in [-0.25, -0.2) is 0 Å². The summed E-state index contributed by atoms with van der Waals surface area (Å²) in [6.45, 7) is 0.951. The average molecular weight is 258 g/mol. The van der Waals surface area contributed by atoms with Crippen molar-refractivity contribution in [2.24, 2.45) is 0 Å². The Morgan fingerprint density at radius 1 is 1.41 bits per heavy atom. The van der Waals surface area contributed by atoms with Gasteiger partial charge in [-0.3, -0.25) is 0 Å². The number of piperidine rings is 1. The van der Waals surface area contributed by atoms with E-state index in [9.17, 15) is 5.11 Å². The Morgan fingerprint density at radius 2 is 2.24 bits per heavy atom. The third-order valence-electron chi connectivity index (χ3n) is 2.91. The van der Waals surface area contributed by atoms with Gasteiger partial charge in [-0.05, 0) is 30.9 Å². The van der Waals surface area contributed by atoms with E-state index in [1.165, 1.54) is 0 Å². The van der Waals surface area contributed by atoms with Gasteiger partial charge >= 0.3 is 0 Å². The SMILES string of the molecule is CNc1nc(Cl)nc(N2CCCCC2CO)n1. The zero-order valence-electron chi connectivity index (χ0n) is 9.73. The van der Waals surface area contributed by atoms with Crippen molar-refractivity contribution in [2.45, 2.75) is 25.3 Å². The van der Waals surface area contributed by atoms with E-state index in [0.717, 1.165) is 25.8 Å². The molecule has 7 heteroatoms. The Morgan fingerprint density at radius 3 is 2.94 bits per heavy atom. The van der Waals surface area contributed by atoms with Crippen molar-refractivity contribution in [3.63, 3.8) is 0 Å². The van der Waals surface area contributed by atoms with Crippen LogP contribution < -0.4 is 10.2 Å². The average Bonchev–Trinajstić information content (AvgIpc) is 2.37. The lowest BCUT2D eigenvalue weighted by Crippen LogP contribution is -2.43. The fraction of sp³-hybridized carbons (Fsp3) is 0.700. The number of hydrogen-bond donors (Lipinski definition) is 2. The smallest absolute Gasteiger partial charge is 0.231 e. The summed E-state index contributed by atoms with van der Waals surface area (Å²) in [6.07, 6.45) is 3.16. The van der Waals surface area contributed by atoms with Crippen molar-refractivity contribution in [1.29, 1.82) is 0 Å². The molecule has 2 rings (SSSR count). The van der Waals surface area contributed by atoms with E-state index in [1.807, 2.05) is 4.90 Å². The van der Waals surface area contributed by atoms with Crippen molar-refractivity contribution in [2.75, 3.05) is 30.4 Å². The van der Waals surface area contributed by atoms with Crippen LogP contribution in [0.1, 0.15) is 19.3 Å². The molecule has 94 valence electrons. The van der Waals surface area contributed by atoms with E-state index in [4.69, 9.17) is 11.6 Å². The third-order valence-corrected chi connectivity index (χ3v) is 3.08. The monoisotopic (exact) mass is 257 g/mol. The van der Waals surface area contributed by atoms with Crippen LogP contribution in [0.2, 0.25) is 5.28 Å². The van der Waals surface area contributed by atoms with Crippen molar-refractivity contribution in [3.05, 3.63) is 5.28 Å². The maximum atomic E-state index is 9.36. The second-order valence-electron chi connectivity index (χ2n) is 4.00. The fourth-order valence-corrected chi connectivity index (χ4v) is 2.19. The van der Waals surface area contributed by atoms with Gasteiger partial charge in [0, 0.05) is 13.6 Å². The molecule has 0 radical (unpaired) electrons. The molecule has 1 aliphatic rings. The zero-order valence-corrected chi connectivity index (χ0v) is 10.5. The molecule has 0 amide bonds. The summed E-state index contributed by atoms with van der Waals surface area (Å²) in [7, 11) is 1.73. The minimum absolute atomic E-state index is 0.0759. The first-order chi connectivity index (χ1) is 8.24. The highest BCUT2D eigenvalue weighted by Crippen LogP contribution is 2.23. The summed E-state index contributed by atoms with van der Waals surface area (Å²) in [6, 6.07) is 0.0759. The summed E-state index contributed by atoms with van der Waals surface area (Å²) in [5.41, 5.74) is 0. The van der Waals surface area contributed by atoms with Crippen LogP contribution in [-0.4, -0.2) is 46.3 Å². The first-order valence-electron chi connectivity index (χ1n) is 5.71. The summed E-state index contributed by atoms with van der Waals surface area (Å²) >= 11 is 5.85. The second kappa shape index (κ2) is 5.46. The van der Waals surface area contributed by atoms with Crippen LogP contribution in [0.25, 0.3) is 0 Å². The molecule has 1 fully saturated rings. The van der Waals surface area contributed by atoms with E-state index >= 15 is 0 Å². The highest BCUT2D eigenvalue weighted by molar-refractivity contribution is 6.28. The molecule has 0 spiro atoms. The molecule has 1 unspecified atom stereocenters. The number of halogens is 1. The van der Waals surface area contributed by atoms with Gasteiger partial charge in [-0.15, -0.1) is 0 Å². The Bertz CT molecular complexity index is 389. The Kier molecular flexibility index (Phi) is 3.96. The first-order valence-corrected chi connectivity index (χ1v) is 6.09. The molecule has 6 nitrogen and oxygen atoms in total. The molecule has 0 aliphatic carbocycles. The van der Waals surface area contributed by atoms with Gasteiger partial charge in [0.2, 0.25) is 17.2 Å². The molecule has 0 bridgehead atoms. The van der Waals surface area contributed by atoms with E-state index in [1.54, 1.807) is 7.05 Å². The molecule has 1 saturated heterocycles. The molecule has 17 heavy (non-hydrogen) atoms. The molecule has 1 aromatic rings. The highest BCUT2D eigenvalue weighted by atomic mass is 35.5. The lowest BCUT2D eigenvalue weighted by molar-refractivity contribution is 0.238. The van der Waals surface area contributed by atoms with Gasteiger partial charge in [-0.1, -0.05) is 0 Å². The number of nitrogens with zero attached hydrogens (tertiary/aromatic N) is 4. The second-order valence-corrected chi connectivity index (χ2v) is 4.34. The van der Waals surface area contributed by atoms with E-state index < -0.39 is 0 Å². The molecular formula is C10H16ClN5O. The molecular weight excluding hydrogens is 242 g/mol. The Labute approximate surface area is 105 Å². The molecule has 2 N–H and O–H groups in total. The van der Waals surface area contributed by atoms with Crippen LogP contribution in [-0.2, 0) is 0 Å². The number of rotatable bonds is 3. The van der Waals surface area contributed by atoms with Crippen LogP contribution in [0, 0.1) is 0 Å².